The highest BCUT2D eigenvalue weighted by Crippen LogP contribution is 2.45. The fraction of sp³-hybridized carbons (Fsp3) is 1.00. The number of hydrogen-bond acceptors (Lipinski definition) is 3. The zero-order chi connectivity index (χ0) is 11.2. The predicted molar refractivity (Wildman–Crippen MR) is 68.8 cm³/mol. The van der Waals surface area contributed by atoms with Crippen molar-refractivity contribution in [1.29, 1.82) is 0 Å². The van der Waals surface area contributed by atoms with Crippen LogP contribution in [0, 0.1) is 17.3 Å². The lowest BCUT2D eigenvalue weighted by atomic mass is 9.70. The van der Waals surface area contributed by atoms with E-state index in [2.05, 4.69) is 17.5 Å². The zero-order valence-corrected chi connectivity index (χ0v) is 10.8. The van der Waals surface area contributed by atoms with Crippen LogP contribution in [-0.4, -0.2) is 41.5 Å². The number of hydrogen-bond donors (Lipinski definition) is 2. The first-order valence-electron chi connectivity index (χ1n) is 6.74. The third-order valence-electron chi connectivity index (χ3n) is 5.20. The first kappa shape index (κ1) is 11.4. The van der Waals surface area contributed by atoms with Crippen molar-refractivity contribution in [2.75, 3.05) is 25.4 Å². The van der Waals surface area contributed by atoms with Crippen molar-refractivity contribution < 1.29 is 5.11 Å². The van der Waals surface area contributed by atoms with Gasteiger partial charge in [0, 0.05) is 25.6 Å². The molecule has 3 aliphatic rings. The van der Waals surface area contributed by atoms with E-state index in [4.69, 9.17) is 0 Å². The number of thiol groups is 1. The van der Waals surface area contributed by atoms with Gasteiger partial charge in [0.2, 0.25) is 0 Å². The highest BCUT2D eigenvalue weighted by molar-refractivity contribution is 7.80. The summed E-state index contributed by atoms with van der Waals surface area (Å²) in [7, 11) is 0. The lowest BCUT2D eigenvalue weighted by Crippen LogP contribution is -2.43. The molecule has 3 heteroatoms. The van der Waals surface area contributed by atoms with E-state index >= 15 is 0 Å². The number of likely N-dealkylation sites (tertiary alicyclic amines) is 1. The van der Waals surface area contributed by atoms with Gasteiger partial charge in [-0.05, 0) is 42.8 Å². The minimum Gasteiger partial charge on any atom is -0.393 e. The Morgan fingerprint density at radius 2 is 2.06 bits per heavy atom. The zero-order valence-electron chi connectivity index (χ0n) is 9.94. The van der Waals surface area contributed by atoms with Gasteiger partial charge >= 0.3 is 0 Å². The first-order valence-corrected chi connectivity index (χ1v) is 7.37. The molecular weight excluding hydrogens is 218 g/mol. The average Bonchev–Trinajstić information content (AvgIpc) is 2.75. The average molecular weight is 241 g/mol. The topological polar surface area (TPSA) is 23.5 Å². The molecule has 2 saturated carbocycles. The second kappa shape index (κ2) is 4.18. The smallest absolute Gasteiger partial charge is 0.0583 e. The van der Waals surface area contributed by atoms with Crippen LogP contribution in [0.5, 0.6) is 0 Å². The lowest BCUT2D eigenvalue weighted by molar-refractivity contribution is 0.0855. The summed E-state index contributed by atoms with van der Waals surface area (Å²) in [6.07, 6.45) is 6.40. The van der Waals surface area contributed by atoms with Crippen molar-refractivity contribution in [2.24, 2.45) is 17.3 Å². The first-order chi connectivity index (χ1) is 7.72. The fourth-order valence-electron chi connectivity index (χ4n) is 3.98. The number of aliphatic hydroxyl groups is 1. The van der Waals surface area contributed by atoms with Crippen molar-refractivity contribution in [3.8, 4) is 0 Å². The second-order valence-electron chi connectivity index (χ2n) is 6.27. The Balaban J connectivity index is 1.58. The van der Waals surface area contributed by atoms with Crippen LogP contribution in [-0.2, 0) is 0 Å². The lowest BCUT2D eigenvalue weighted by Gasteiger charge is -2.43. The summed E-state index contributed by atoms with van der Waals surface area (Å²) in [6, 6.07) is 0. The Kier molecular flexibility index (Phi) is 2.97. The summed E-state index contributed by atoms with van der Waals surface area (Å²) >= 11 is 4.53. The van der Waals surface area contributed by atoms with Crippen LogP contribution in [0.25, 0.3) is 0 Å². The van der Waals surface area contributed by atoms with E-state index in [1.165, 1.54) is 38.8 Å². The molecule has 16 heavy (non-hydrogen) atoms. The monoisotopic (exact) mass is 241 g/mol. The number of rotatable bonds is 3. The van der Waals surface area contributed by atoms with Crippen LogP contribution < -0.4 is 0 Å². The van der Waals surface area contributed by atoms with E-state index in [1.807, 2.05) is 0 Å². The van der Waals surface area contributed by atoms with Crippen LogP contribution in [0.1, 0.15) is 32.1 Å². The summed E-state index contributed by atoms with van der Waals surface area (Å²) in [5, 5.41) is 9.90. The molecule has 1 heterocycles. The summed E-state index contributed by atoms with van der Waals surface area (Å²) in [6.45, 7) is 3.61. The Labute approximate surface area is 104 Å². The molecule has 3 unspecified atom stereocenters. The van der Waals surface area contributed by atoms with Gasteiger partial charge in [0.05, 0.1) is 6.10 Å². The molecule has 0 bridgehead atoms. The van der Waals surface area contributed by atoms with E-state index in [1.54, 1.807) is 0 Å². The molecule has 0 spiro atoms. The summed E-state index contributed by atoms with van der Waals surface area (Å²) in [5.41, 5.74) is 0.521. The molecule has 3 fully saturated rings. The Morgan fingerprint density at radius 3 is 2.62 bits per heavy atom. The number of nitrogens with zero attached hydrogens (tertiary/aromatic N) is 1. The maximum Gasteiger partial charge on any atom is 0.0583 e. The molecule has 0 aromatic heterocycles. The summed E-state index contributed by atoms with van der Waals surface area (Å²) in [5.74, 6) is 2.41. The highest BCUT2D eigenvalue weighted by Gasteiger charge is 2.45. The van der Waals surface area contributed by atoms with Gasteiger partial charge in [-0.2, -0.15) is 12.6 Å². The predicted octanol–water partition coefficient (Wildman–Crippen LogP) is 1.79. The fourth-order valence-corrected chi connectivity index (χ4v) is 4.39. The molecule has 1 N–H and O–H groups in total. The molecule has 1 saturated heterocycles. The van der Waals surface area contributed by atoms with Crippen molar-refractivity contribution in [1.82, 2.24) is 4.90 Å². The molecule has 1 aliphatic heterocycles. The molecule has 92 valence electrons. The van der Waals surface area contributed by atoms with Gasteiger partial charge in [-0.15, -0.1) is 0 Å². The SMILES string of the molecule is OC1CCC2CN(CC3(CS)CCC3)CC12. The van der Waals surface area contributed by atoms with Gasteiger partial charge in [0.15, 0.2) is 0 Å². The third kappa shape index (κ3) is 1.81. The molecule has 2 aliphatic carbocycles. The number of fused-ring (bicyclic) bond motifs is 1. The third-order valence-corrected chi connectivity index (χ3v) is 5.87. The minimum atomic E-state index is -0.0108. The Hall–Kier alpha value is 0.270. The maximum absolute atomic E-state index is 9.90. The molecule has 3 rings (SSSR count). The normalized spacial score (nSPS) is 42.0. The second-order valence-corrected chi connectivity index (χ2v) is 6.59. The van der Waals surface area contributed by atoms with E-state index < -0.39 is 0 Å². The molecular formula is C13H23NOS. The molecule has 0 aromatic rings. The van der Waals surface area contributed by atoms with E-state index in [0.29, 0.717) is 11.3 Å². The quantitative estimate of drug-likeness (QED) is 0.736. The Morgan fingerprint density at radius 1 is 1.25 bits per heavy atom. The number of aliphatic hydroxyl groups excluding tert-OH is 1. The van der Waals surface area contributed by atoms with Gasteiger partial charge in [-0.1, -0.05) is 6.42 Å². The molecule has 2 nitrogen and oxygen atoms in total. The summed E-state index contributed by atoms with van der Waals surface area (Å²) in [4.78, 5) is 2.60. The molecule has 0 amide bonds. The van der Waals surface area contributed by atoms with Gasteiger partial charge in [0.1, 0.15) is 0 Å². The maximum atomic E-state index is 9.90. The van der Waals surface area contributed by atoms with Crippen molar-refractivity contribution in [3.63, 3.8) is 0 Å². The Bertz CT molecular complexity index is 261. The van der Waals surface area contributed by atoms with Crippen molar-refractivity contribution in [2.45, 2.75) is 38.2 Å². The molecule has 0 aromatic carbocycles. The van der Waals surface area contributed by atoms with E-state index in [0.717, 1.165) is 24.6 Å². The summed E-state index contributed by atoms with van der Waals surface area (Å²) < 4.78 is 0. The highest BCUT2D eigenvalue weighted by atomic mass is 32.1. The van der Waals surface area contributed by atoms with Crippen LogP contribution in [0.3, 0.4) is 0 Å². The minimum absolute atomic E-state index is 0.0108. The van der Waals surface area contributed by atoms with Crippen molar-refractivity contribution in [3.05, 3.63) is 0 Å². The molecule has 0 radical (unpaired) electrons. The standard InChI is InChI=1S/C13H23NOS/c15-12-3-2-10-6-14(7-11(10)12)8-13(9-16)4-1-5-13/h10-12,15-16H,1-9H2. The van der Waals surface area contributed by atoms with Gasteiger partial charge in [-0.3, -0.25) is 0 Å². The van der Waals surface area contributed by atoms with Crippen LogP contribution >= 0.6 is 12.6 Å². The van der Waals surface area contributed by atoms with E-state index in [9.17, 15) is 5.11 Å². The van der Waals surface area contributed by atoms with E-state index in [-0.39, 0.29) is 6.10 Å². The van der Waals surface area contributed by atoms with Crippen molar-refractivity contribution >= 4 is 12.6 Å². The van der Waals surface area contributed by atoms with Crippen LogP contribution in [0.2, 0.25) is 0 Å². The molecule has 3 atom stereocenters. The van der Waals surface area contributed by atoms with Crippen LogP contribution in [0.4, 0.5) is 0 Å². The largest absolute Gasteiger partial charge is 0.393 e. The van der Waals surface area contributed by atoms with Crippen LogP contribution in [0.15, 0.2) is 0 Å². The van der Waals surface area contributed by atoms with Gasteiger partial charge < -0.3 is 10.0 Å². The van der Waals surface area contributed by atoms with Gasteiger partial charge in [-0.25, -0.2) is 0 Å². The van der Waals surface area contributed by atoms with Gasteiger partial charge in [0.25, 0.3) is 0 Å².